The van der Waals surface area contributed by atoms with Crippen molar-refractivity contribution in [3.63, 3.8) is 0 Å². The maximum Gasteiger partial charge on any atom is 0.306 e. The Balaban J connectivity index is 2.16. The van der Waals surface area contributed by atoms with Crippen LogP contribution in [0, 0.1) is 0 Å². The third-order valence-corrected chi connectivity index (χ3v) is 13.0. The van der Waals surface area contributed by atoms with Gasteiger partial charge in [-0.3, -0.25) is 4.79 Å². The highest BCUT2D eigenvalue weighted by atomic mass is 16.7. The largest absolute Gasteiger partial charge is 0.457 e. The average molecular weight is 947 g/mol. The predicted octanol–water partition coefficient (Wildman–Crippen LogP) is 14.4. The summed E-state index contributed by atoms with van der Waals surface area (Å²) in [5.41, 5.74) is 0. The first-order valence-corrected chi connectivity index (χ1v) is 28.2. The van der Waals surface area contributed by atoms with Crippen molar-refractivity contribution < 1.29 is 44.2 Å². The van der Waals surface area contributed by atoms with Gasteiger partial charge in [-0.2, -0.15) is 0 Å². The molecule has 0 aromatic rings. The molecule has 9 nitrogen and oxygen atoms in total. The first-order valence-electron chi connectivity index (χ1n) is 28.2. The maximum atomic E-state index is 12.9. The highest BCUT2D eigenvalue weighted by molar-refractivity contribution is 5.69. The van der Waals surface area contributed by atoms with Crippen molar-refractivity contribution >= 4 is 5.97 Å². The highest BCUT2D eigenvalue weighted by Gasteiger charge is 2.44. The number of unbranched alkanes of at least 4 members (excludes halogenated alkanes) is 30. The lowest BCUT2D eigenvalue weighted by atomic mass is 9.99. The summed E-state index contributed by atoms with van der Waals surface area (Å²) in [6.45, 7) is 4.48. The van der Waals surface area contributed by atoms with Crippen molar-refractivity contribution in [3.8, 4) is 0 Å². The molecular weight excluding hydrogens is 841 g/mol. The van der Waals surface area contributed by atoms with Crippen LogP contribution in [0.4, 0.5) is 0 Å². The van der Waals surface area contributed by atoms with Gasteiger partial charge in [0.05, 0.1) is 19.8 Å². The molecule has 1 saturated heterocycles. The number of ether oxygens (including phenoxy) is 4. The Bertz CT molecular complexity index is 1170. The smallest absolute Gasteiger partial charge is 0.306 e. The van der Waals surface area contributed by atoms with Crippen molar-refractivity contribution in [1.82, 2.24) is 0 Å². The molecule has 6 unspecified atom stereocenters. The molecule has 0 amide bonds. The minimum Gasteiger partial charge on any atom is -0.457 e. The molecule has 1 fully saturated rings. The van der Waals surface area contributed by atoms with Gasteiger partial charge in [0.1, 0.15) is 30.5 Å². The fourth-order valence-electron chi connectivity index (χ4n) is 8.66. The van der Waals surface area contributed by atoms with Crippen LogP contribution in [0.2, 0.25) is 0 Å². The van der Waals surface area contributed by atoms with Gasteiger partial charge in [-0.25, -0.2) is 0 Å². The Morgan fingerprint density at radius 3 is 1.37 bits per heavy atom. The highest BCUT2D eigenvalue weighted by Crippen LogP contribution is 2.23. The predicted molar refractivity (Wildman–Crippen MR) is 279 cm³/mol. The quantitative estimate of drug-likeness (QED) is 0.0267. The first kappa shape index (κ1) is 63.2. The number of carbonyl (C=O) groups is 1. The van der Waals surface area contributed by atoms with Crippen LogP contribution in [-0.4, -0.2) is 89.6 Å². The number of esters is 1. The minimum atomic E-state index is -1.54. The number of aliphatic hydroxyl groups excluding tert-OH is 4. The third kappa shape index (κ3) is 39.6. The lowest BCUT2D eigenvalue weighted by molar-refractivity contribution is -0.305. The van der Waals surface area contributed by atoms with E-state index in [0.29, 0.717) is 13.0 Å². The second-order valence-corrected chi connectivity index (χ2v) is 19.4. The van der Waals surface area contributed by atoms with E-state index in [9.17, 15) is 25.2 Å². The standard InChI is InChI=1S/C58H106O9/c1-3-5-7-9-11-13-15-17-19-21-23-25-27-29-31-33-35-37-39-41-43-45-47-54(60)66-52(51-65-58-57(63)56(62)55(61)53(49-59)67-58)50-64-48-46-44-42-40-38-36-34-32-30-28-26-24-22-20-18-16-14-12-10-8-6-4-2/h6,8,12,14,18,20,24,26,52-53,55-59,61-63H,3-5,7,9-11,13,15-17,19,21-23,25,27-51H2,1-2H3/b8-6-,14-12-,20-18-,26-24-. The Kier molecular flexibility index (Phi) is 46.3. The van der Waals surface area contributed by atoms with Crippen molar-refractivity contribution in [2.45, 2.75) is 288 Å². The Hall–Kier alpha value is -1.85. The van der Waals surface area contributed by atoms with E-state index >= 15 is 0 Å². The molecule has 0 saturated carbocycles. The van der Waals surface area contributed by atoms with Gasteiger partial charge in [0, 0.05) is 13.0 Å². The second-order valence-electron chi connectivity index (χ2n) is 19.4. The molecule has 392 valence electrons. The zero-order chi connectivity index (χ0) is 48.5. The molecule has 0 aliphatic carbocycles. The topological polar surface area (TPSA) is 135 Å². The molecule has 1 rings (SSSR count). The van der Waals surface area contributed by atoms with E-state index in [1.165, 1.54) is 167 Å². The summed E-state index contributed by atoms with van der Waals surface area (Å²) in [5.74, 6) is -0.311. The van der Waals surface area contributed by atoms with Gasteiger partial charge >= 0.3 is 5.97 Å². The van der Waals surface area contributed by atoms with E-state index in [2.05, 4.69) is 62.5 Å². The normalized spacial score (nSPS) is 19.5. The van der Waals surface area contributed by atoms with E-state index in [1.807, 2.05) is 0 Å². The van der Waals surface area contributed by atoms with Gasteiger partial charge in [-0.05, 0) is 51.4 Å². The summed E-state index contributed by atoms with van der Waals surface area (Å²) in [6, 6.07) is 0. The zero-order valence-electron chi connectivity index (χ0n) is 43.4. The molecule has 1 aliphatic heterocycles. The van der Waals surface area contributed by atoms with E-state index in [1.54, 1.807) is 0 Å². The lowest BCUT2D eigenvalue weighted by Gasteiger charge is -2.39. The van der Waals surface area contributed by atoms with E-state index in [-0.39, 0.29) is 19.2 Å². The van der Waals surface area contributed by atoms with Crippen LogP contribution in [0.15, 0.2) is 48.6 Å². The summed E-state index contributed by atoms with van der Waals surface area (Å²) >= 11 is 0. The van der Waals surface area contributed by atoms with Crippen LogP contribution in [-0.2, 0) is 23.7 Å². The van der Waals surface area contributed by atoms with Gasteiger partial charge < -0.3 is 39.4 Å². The van der Waals surface area contributed by atoms with Crippen molar-refractivity contribution in [1.29, 1.82) is 0 Å². The molecule has 1 aliphatic rings. The van der Waals surface area contributed by atoms with Gasteiger partial charge in [0.15, 0.2) is 6.29 Å². The third-order valence-electron chi connectivity index (χ3n) is 13.0. The molecule has 0 aromatic heterocycles. The van der Waals surface area contributed by atoms with Gasteiger partial charge in [-0.1, -0.05) is 242 Å². The fourth-order valence-corrected chi connectivity index (χ4v) is 8.66. The molecule has 4 N–H and O–H groups in total. The molecule has 0 aromatic carbocycles. The summed E-state index contributed by atoms with van der Waals surface area (Å²) in [6.07, 6.45) is 55.8. The summed E-state index contributed by atoms with van der Waals surface area (Å²) in [7, 11) is 0. The van der Waals surface area contributed by atoms with Crippen LogP contribution in [0.3, 0.4) is 0 Å². The monoisotopic (exact) mass is 947 g/mol. The van der Waals surface area contributed by atoms with Gasteiger partial charge in [0.2, 0.25) is 0 Å². The number of aliphatic hydroxyl groups is 4. The van der Waals surface area contributed by atoms with Crippen LogP contribution >= 0.6 is 0 Å². The fraction of sp³-hybridized carbons (Fsp3) is 0.845. The van der Waals surface area contributed by atoms with Crippen molar-refractivity contribution in [2.75, 3.05) is 26.4 Å². The van der Waals surface area contributed by atoms with Gasteiger partial charge in [0.25, 0.3) is 0 Å². The molecular formula is C58H106O9. The van der Waals surface area contributed by atoms with Crippen LogP contribution in [0.1, 0.15) is 251 Å². The Labute approximate surface area is 412 Å². The van der Waals surface area contributed by atoms with E-state index < -0.39 is 43.4 Å². The summed E-state index contributed by atoms with van der Waals surface area (Å²) in [4.78, 5) is 12.9. The van der Waals surface area contributed by atoms with Crippen LogP contribution in [0.5, 0.6) is 0 Å². The van der Waals surface area contributed by atoms with Crippen molar-refractivity contribution in [3.05, 3.63) is 48.6 Å². The molecule has 67 heavy (non-hydrogen) atoms. The average Bonchev–Trinajstić information content (AvgIpc) is 3.33. The molecule has 6 atom stereocenters. The molecule has 1 heterocycles. The number of rotatable bonds is 49. The molecule has 0 bridgehead atoms. The number of hydrogen-bond donors (Lipinski definition) is 4. The minimum absolute atomic E-state index is 0.114. The van der Waals surface area contributed by atoms with Crippen LogP contribution in [0.25, 0.3) is 0 Å². The molecule has 9 heteroatoms. The molecule has 0 radical (unpaired) electrons. The lowest BCUT2D eigenvalue weighted by Crippen LogP contribution is -2.59. The van der Waals surface area contributed by atoms with E-state index in [0.717, 1.165) is 64.2 Å². The number of allylic oxidation sites excluding steroid dienone is 8. The summed E-state index contributed by atoms with van der Waals surface area (Å²) in [5, 5.41) is 40.3. The zero-order valence-corrected chi connectivity index (χ0v) is 43.4. The Morgan fingerprint density at radius 2 is 0.910 bits per heavy atom. The maximum absolute atomic E-state index is 12.9. The number of hydrogen-bond acceptors (Lipinski definition) is 9. The second kappa shape index (κ2) is 49.1. The van der Waals surface area contributed by atoms with E-state index in [4.69, 9.17) is 18.9 Å². The van der Waals surface area contributed by atoms with Crippen molar-refractivity contribution in [2.24, 2.45) is 0 Å². The van der Waals surface area contributed by atoms with Gasteiger partial charge in [-0.15, -0.1) is 0 Å². The number of carbonyl (C=O) groups excluding carboxylic acids is 1. The molecule has 0 spiro atoms. The Morgan fingerprint density at radius 1 is 0.493 bits per heavy atom. The SMILES string of the molecule is CC/C=C\C/C=C\C/C=C\C/C=C\CCCCCCCCCCCOCC(COC1OC(CO)C(O)C(O)C1O)OC(=O)CCCCCCCCCCCCCCCCCCCCCCCC. The first-order chi connectivity index (χ1) is 32.9. The summed E-state index contributed by atoms with van der Waals surface area (Å²) < 4.78 is 23.0. The van der Waals surface area contributed by atoms with Crippen LogP contribution < -0.4 is 0 Å².